The van der Waals surface area contributed by atoms with Crippen LogP contribution in [0.4, 0.5) is 10.2 Å². The molecule has 0 atom stereocenters. The van der Waals surface area contributed by atoms with E-state index < -0.39 is 0 Å². The van der Waals surface area contributed by atoms with Gasteiger partial charge in [0.15, 0.2) is 5.82 Å². The van der Waals surface area contributed by atoms with Gasteiger partial charge in [0.1, 0.15) is 16.5 Å². The molecule has 29 heavy (non-hydrogen) atoms. The van der Waals surface area contributed by atoms with E-state index in [9.17, 15) is 4.39 Å². The summed E-state index contributed by atoms with van der Waals surface area (Å²) in [5, 5.41) is 6.60. The molecule has 1 aromatic carbocycles. The second kappa shape index (κ2) is 7.85. The SMILES string of the molecule is Fc1ccc(-c2csc3nc(-c4ccncc4)nc(N4CCCNCC4)c23)cc1. The first-order chi connectivity index (χ1) is 14.3. The molecule has 7 heteroatoms. The zero-order valence-electron chi connectivity index (χ0n) is 15.8. The van der Waals surface area contributed by atoms with Crippen molar-refractivity contribution < 1.29 is 4.39 Å². The van der Waals surface area contributed by atoms with Gasteiger partial charge in [0.25, 0.3) is 0 Å². The maximum atomic E-state index is 13.5. The van der Waals surface area contributed by atoms with E-state index in [1.807, 2.05) is 24.3 Å². The number of hydrogen-bond acceptors (Lipinski definition) is 6. The number of nitrogens with one attached hydrogen (secondary N) is 1. The molecule has 1 fully saturated rings. The third-order valence-electron chi connectivity index (χ3n) is 5.15. The molecule has 0 saturated carbocycles. The summed E-state index contributed by atoms with van der Waals surface area (Å²) < 4.78 is 13.5. The molecule has 5 rings (SSSR count). The Hall–Kier alpha value is -2.90. The molecule has 0 radical (unpaired) electrons. The average molecular weight is 406 g/mol. The van der Waals surface area contributed by atoms with Gasteiger partial charge in [-0.3, -0.25) is 4.98 Å². The van der Waals surface area contributed by atoms with Gasteiger partial charge >= 0.3 is 0 Å². The van der Waals surface area contributed by atoms with Crippen LogP contribution < -0.4 is 10.2 Å². The van der Waals surface area contributed by atoms with Crippen LogP contribution in [0.3, 0.4) is 0 Å². The predicted octanol–water partition coefficient (Wildman–Crippen LogP) is 4.36. The lowest BCUT2D eigenvalue weighted by Gasteiger charge is -2.23. The molecule has 0 spiro atoms. The summed E-state index contributed by atoms with van der Waals surface area (Å²) in [6.45, 7) is 3.76. The zero-order valence-corrected chi connectivity index (χ0v) is 16.6. The molecule has 0 bridgehead atoms. The summed E-state index contributed by atoms with van der Waals surface area (Å²) in [4.78, 5) is 17.2. The van der Waals surface area contributed by atoms with Crippen LogP contribution in [0.25, 0.3) is 32.7 Å². The van der Waals surface area contributed by atoms with Crippen LogP contribution in [0.2, 0.25) is 0 Å². The van der Waals surface area contributed by atoms with E-state index >= 15 is 0 Å². The molecular formula is C22H20FN5S. The smallest absolute Gasteiger partial charge is 0.163 e. The van der Waals surface area contributed by atoms with E-state index in [-0.39, 0.29) is 5.82 Å². The standard InChI is InChI=1S/C22H20FN5S/c23-17-4-2-15(3-5-17)18-14-29-22-19(18)21(28-12-1-8-24-11-13-28)26-20(27-22)16-6-9-25-10-7-16/h2-7,9-10,14,24H,1,8,11-13H2. The minimum atomic E-state index is -0.233. The average Bonchev–Trinajstić information content (AvgIpc) is 3.00. The molecule has 5 nitrogen and oxygen atoms in total. The maximum Gasteiger partial charge on any atom is 0.163 e. The van der Waals surface area contributed by atoms with Crippen LogP contribution in [-0.4, -0.2) is 41.1 Å². The second-order valence-electron chi connectivity index (χ2n) is 7.03. The van der Waals surface area contributed by atoms with E-state index in [1.165, 1.54) is 12.1 Å². The van der Waals surface area contributed by atoms with Crippen molar-refractivity contribution in [3.63, 3.8) is 0 Å². The van der Waals surface area contributed by atoms with Gasteiger partial charge in [-0.05, 0) is 42.8 Å². The van der Waals surface area contributed by atoms with Gasteiger partial charge in [-0.15, -0.1) is 11.3 Å². The van der Waals surface area contributed by atoms with Crippen LogP contribution in [0.5, 0.6) is 0 Å². The quantitative estimate of drug-likeness (QED) is 0.549. The summed E-state index contributed by atoms with van der Waals surface area (Å²) in [5.74, 6) is 1.43. The topological polar surface area (TPSA) is 53.9 Å². The van der Waals surface area contributed by atoms with Gasteiger partial charge in [0, 0.05) is 48.5 Å². The predicted molar refractivity (Wildman–Crippen MR) is 116 cm³/mol. The van der Waals surface area contributed by atoms with Gasteiger partial charge in [0.2, 0.25) is 0 Å². The highest BCUT2D eigenvalue weighted by molar-refractivity contribution is 7.17. The van der Waals surface area contributed by atoms with Gasteiger partial charge < -0.3 is 10.2 Å². The van der Waals surface area contributed by atoms with Crippen molar-refractivity contribution in [3.05, 3.63) is 60.0 Å². The first-order valence-electron chi connectivity index (χ1n) is 9.71. The molecule has 0 unspecified atom stereocenters. The molecule has 0 aliphatic carbocycles. The summed E-state index contributed by atoms with van der Waals surface area (Å²) in [7, 11) is 0. The Morgan fingerprint density at radius 1 is 0.931 bits per heavy atom. The first kappa shape index (κ1) is 18.1. The van der Waals surface area contributed by atoms with Crippen LogP contribution >= 0.6 is 11.3 Å². The van der Waals surface area contributed by atoms with Crippen molar-refractivity contribution in [2.45, 2.75) is 6.42 Å². The number of benzene rings is 1. The van der Waals surface area contributed by atoms with Crippen molar-refractivity contribution in [2.24, 2.45) is 0 Å². The molecule has 146 valence electrons. The largest absolute Gasteiger partial charge is 0.355 e. The Balaban J connectivity index is 1.71. The number of rotatable bonds is 3. The molecule has 3 aromatic heterocycles. The Morgan fingerprint density at radius 2 is 1.76 bits per heavy atom. The molecule has 4 aromatic rings. The lowest BCUT2D eigenvalue weighted by molar-refractivity contribution is 0.628. The summed E-state index contributed by atoms with van der Waals surface area (Å²) in [6.07, 6.45) is 4.58. The normalized spacial score (nSPS) is 14.9. The minimum Gasteiger partial charge on any atom is -0.355 e. The summed E-state index contributed by atoms with van der Waals surface area (Å²) in [5.41, 5.74) is 2.98. The van der Waals surface area contributed by atoms with Crippen molar-refractivity contribution >= 4 is 27.4 Å². The zero-order chi connectivity index (χ0) is 19.6. The number of anilines is 1. The van der Waals surface area contributed by atoms with E-state index in [0.717, 1.165) is 65.3 Å². The number of nitrogens with zero attached hydrogens (tertiary/aromatic N) is 4. The van der Waals surface area contributed by atoms with Crippen molar-refractivity contribution in [1.82, 2.24) is 20.3 Å². The summed E-state index contributed by atoms with van der Waals surface area (Å²) >= 11 is 1.60. The van der Waals surface area contributed by atoms with Crippen molar-refractivity contribution in [2.75, 3.05) is 31.1 Å². The van der Waals surface area contributed by atoms with Gasteiger partial charge in [0.05, 0.1) is 5.39 Å². The molecule has 4 heterocycles. The minimum absolute atomic E-state index is 0.233. The highest BCUT2D eigenvalue weighted by atomic mass is 32.1. The van der Waals surface area contributed by atoms with E-state index in [2.05, 4.69) is 20.6 Å². The van der Waals surface area contributed by atoms with Gasteiger partial charge in [-0.1, -0.05) is 12.1 Å². The lowest BCUT2D eigenvalue weighted by Crippen LogP contribution is -2.29. The molecule has 1 saturated heterocycles. The Labute approximate surface area is 172 Å². The van der Waals surface area contributed by atoms with Crippen LogP contribution in [0.15, 0.2) is 54.2 Å². The Kier molecular flexibility index (Phi) is 4.91. The fourth-order valence-corrected chi connectivity index (χ4v) is 4.62. The van der Waals surface area contributed by atoms with E-state index in [4.69, 9.17) is 9.97 Å². The van der Waals surface area contributed by atoms with Crippen molar-refractivity contribution in [1.29, 1.82) is 0 Å². The third kappa shape index (κ3) is 3.59. The van der Waals surface area contributed by atoms with Gasteiger partial charge in [-0.2, -0.15) is 0 Å². The number of hydrogen-bond donors (Lipinski definition) is 1. The number of thiophene rings is 1. The molecule has 1 aliphatic heterocycles. The molecule has 1 aliphatic rings. The highest BCUT2D eigenvalue weighted by Crippen LogP contribution is 2.39. The maximum absolute atomic E-state index is 13.5. The lowest BCUT2D eigenvalue weighted by atomic mass is 10.1. The number of fused-ring (bicyclic) bond motifs is 1. The van der Waals surface area contributed by atoms with Crippen molar-refractivity contribution in [3.8, 4) is 22.5 Å². The van der Waals surface area contributed by atoms with E-state index in [0.29, 0.717) is 5.82 Å². The van der Waals surface area contributed by atoms with E-state index in [1.54, 1.807) is 23.7 Å². The number of aromatic nitrogens is 3. The summed E-state index contributed by atoms with van der Waals surface area (Å²) in [6, 6.07) is 10.5. The number of halogens is 1. The first-order valence-corrected chi connectivity index (χ1v) is 10.6. The Morgan fingerprint density at radius 3 is 2.59 bits per heavy atom. The molecule has 0 amide bonds. The number of pyridine rings is 1. The fraction of sp³-hybridized carbons (Fsp3) is 0.227. The van der Waals surface area contributed by atoms with Crippen LogP contribution in [-0.2, 0) is 0 Å². The molecule has 1 N–H and O–H groups in total. The second-order valence-corrected chi connectivity index (χ2v) is 7.89. The van der Waals surface area contributed by atoms with Crippen LogP contribution in [0.1, 0.15) is 6.42 Å². The van der Waals surface area contributed by atoms with Gasteiger partial charge in [-0.25, -0.2) is 14.4 Å². The highest BCUT2D eigenvalue weighted by Gasteiger charge is 2.21. The third-order valence-corrected chi connectivity index (χ3v) is 6.02. The fourth-order valence-electron chi connectivity index (χ4n) is 3.68. The van der Waals surface area contributed by atoms with Crippen LogP contribution in [0, 0.1) is 5.82 Å². The Bertz CT molecular complexity index is 1120. The monoisotopic (exact) mass is 405 g/mol. The molecular weight excluding hydrogens is 385 g/mol.